The maximum absolute atomic E-state index is 10.6. The normalized spacial score (nSPS) is 22.3. The molecule has 0 amide bonds. The van der Waals surface area contributed by atoms with Crippen molar-refractivity contribution in [3.8, 4) is 22.8 Å². The van der Waals surface area contributed by atoms with Gasteiger partial charge in [0.25, 0.3) is 0 Å². The van der Waals surface area contributed by atoms with Gasteiger partial charge in [0.05, 0.1) is 23.0 Å². The molecule has 0 aliphatic carbocycles. The predicted molar refractivity (Wildman–Crippen MR) is 114 cm³/mol. The zero-order valence-electron chi connectivity index (χ0n) is 16.7. The monoisotopic (exact) mass is 398 g/mol. The van der Waals surface area contributed by atoms with Gasteiger partial charge in [-0.05, 0) is 68.3 Å². The molecule has 0 spiro atoms. The first-order valence-electron chi connectivity index (χ1n) is 10.5. The molecule has 156 valence electrons. The van der Waals surface area contributed by atoms with Crippen LogP contribution in [0.1, 0.15) is 43.6 Å². The van der Waals surface area contributed by atoms with Crippen molar-refractivity contribution in [1.82, 2.24) is 10.3 Å². The largest absolute Gasteiger partial charge is 0.507 e. The Bertz CT molecular complexity index is 846. The Hall–Kier alpha value is -2.51. The summed E-state index contributed by atoms with van der Waals surface area (Å²) in [6.07, 6.45) is 5.45. The summed E-state index contributed by atoms with van der Waals surface area (Å²) in [5.74, 6) is 1.24. The Morgan fingerprint density at radius 3 is 2.86 bits per heavy atom. The lowest BCUT2D eigenvalue weighted by molar-refractivity contribution is -0.0109. The molecule has 2 aliphatic rings. The van der Waals surface area contributed by atoms with Crippen LogP contribution in [0.3, 0.4) is 0 Å². The van der Waals surface area contributed by atoms with Gasteiger partial charge in [-0.2, -0.15) is 0 Å². The fraction of sp³-hybridized carbons (Fsp3) is 0.500. The van der Waals surface area contributed by atoms with E-state index in [1.807, 2.05) is 12.1 Å². The molecule has 0 saturated carbocycles. The lowest BCUT2D eigenvalue weighted by Crippen LogP contribution is -2.29. The highest BCUT2D eigenvalue weighted by molar-refractivity contribution is 5.78. The van der Waals surface area contributed by atoms with Gasteiger partial charge in [-0.15, -0.1) is 0 Å². The number of nitrogen functional groups attached to an aromatic ring is 2. The number of benzene rings is 1. The molecule has 7 heteroatoms. The Morgan fingerprint density at radius 2 is 2.10 bits per heavy atom. The van der Waals surface area contributed by atoms with Crippen LogP contribution in [0, 0.1) is 0 Å². The lowest BCUT2D eigenvalue weighted by atomic mass is 9.89. The number of ether oxygens (including phenoxy) is 2. The van der Waals surface area contributed by atoms with Crippen LogP contribution in [0.4, 0.5) is 11.5 Å². The van der Waals surface area contributed by atoms with Crippen LogP contribution in [0.15, 0.2) is 24.3 Å². The third-order valence-corrected chi connectivity index (χ3v) is 5.82. The maximum Gasteiger partial charge on any atom is 0.147 e. The lowest BCUT2D eigenvalue weighted by Gasteiger charge is -2.26. The number of anilines is 2. The van der Waals surface area contributed by atoms with E-state index < -0.39 is 0 Å². The van der Waals surface area contributed by atoms with Crippen molar-refractivity contribution in [2.75, 3.05) is 37.8 Å². The van der Waals surface area contributed by atoms with Crippen LogP contribution < -0.4 is 21.5 Å². The summed E-state index contributed by atoms with van der Waals surface area (Å²) in [6.45, 7) is 3.09. The minimum atomic E-state index is 0.0762. The third kappa shape index (κ3) is 4.41. The molecule has 3 heterocycles. The second kappa shape index (κ2) is 8.88. The summed E-state index contributed by atoms with van der Waals surface area (Å²) in [6, 6.07) is 7.19. The number of hydrogen-bond acceptors (Lipinski definition) is 7. The van der Waals surface area contributed by atoms with E-state index in [1.54, 1.807) is 12.1 Å². The van der Waals surface area contributed by atoms with Crippen LogP contribution in [0.25, 0.3) is 11.3 Å². The number of pyridine rings is 1. The van der Waals surface area contributed by atoms with Crippen molar-refractivity contribution in [3.05, 3.63) is 29.8 Å². The smallest absolute Gasteiger partial charge is 0.147 e. The summed E-state index contributed by atoms with van der Waals surface area (Å²) in [7, 11) is 0. The zero-order chi connectivity index (χ0) is 20.2. The number of piperidine rings is 1. The summed E-state index contributed by atoms with van der Waals surface area (Å²) in [5, 5.41) is 14.0. The number of nitrogens with two attached hydrogens (primary N) is 2. The van der Waals surface area contributed by atoms with E-state index in [9.17, 15) is 5.11 Å². The molecule has 2 unspecified atom stereocenters. The molecule has 29 heavy (non-hydrogen) atoms. The van der Waals surface area contributed by atoms with E-state index in [4.69, 9.17) is 20.9 Å². The highest BCUT2D eigenvalue weighted by Crippen LogP contribution is 2.41. The van der Waals surface area contributed by atoms with Crippen LogP contribution in [-0.4, -0.2) is 42.5 Å². The van der Waals surface area contributed by atoms with Gasteiger partial charge >= 0.3 is 0 Å². The van der Waals surface area contributed by atoms with Gasteiger partial charge in [0, 0.05) is 13.2 Å². The van der Waals surface area contributed by atoms with Gasteiger partial charge in [0.1, 0.15) is 23.9 Å². The van der Waals surface area contributed by atoms with Crippen molar-refractivity contribution < 1.29 is 14.6 Å². The number of nitrogens with one attached hydrogen (secondary N) is 1. The van der Waals surface area contributed by atoms with Gasteiger partial charge in [0.15, 0.2) is 0 Å². The fourth-order valence-electron chi connectivity index (χ4n) is 4.20. The van der Waals surface area contributed by atoms with Crippen molar-refractivity contribution >= 4 is 11.5 Å². The Labute approximate surface area is 171 Å². The molecule has 1 aromatic carbocycles. The number of nitrogens with zero attached hydrogens (tertiary/aromatic N) is 1. The van der Waals surface area contributed by atoms with Gasteiger partial charge in [-0.25, -0.2) is 4.98 Å². The quantitative estimate of drug-likeness (QED) is 0.612. The highest BCUT2D eigenvalue weighted by Gasteiger charge is 2.23. The number of aromatic nitrogens is 1. The molecule has 0 bridgehead atoms. The van der Waals surface area contributed by atoms with Crippen LogP contribution in [0.2, 0.25) is 0 Å². The number of phenolic OH excluding ortho intramolecular Hbond substituents is 1. The minimum Gasteiger partial charge on any atom is -0.507 e. The number of phenols is 1. The Morgan fingerprint density at radius 1 is 1.21 bits per heavy atom. The summed E-state index contributed by atoms with van der Waals surface area (Å²) < 4.78 is 11.8. The van der Waals surface area contributed by atoms with Gasteiger partial charge in [-0.3, -0.25) is 0 Å². The zero-order valence-corrected chi connectivity index (χ0v) is 16.7. The van der Waals surface area contributed by atoms with Crippen molar-refractivity contribution in [2.24, 2.45) is 0 Å². The molecule has 1 aromatic heterocycles. The van der Waals surface area contributed by atoms with E-state index in [-0.39, 0.29) is 23.6 Å². The summed E-state index contributed by atoms with van der Waals surface area (Å²) in [4.78, 5) is 4.48. The first kappa shape index (κ1) is 19.8. The second-order valence-corrected chi connectivity index (χ2v) is 7.89. The molecule has 2 saturated heterocycles. The molecular weight excluding hydrogens is 368 g/mol. The Kier molecular flexibility index (Phi) is 6.06. The average Bonchev–Trinajstić information content (AvgIpc) is 2.75. The molecule has 2 fully saturated rings. The van der Waals surface area contributed by atoms with E-state index in [2.05, 4.69) is 10.3 Å². The molecular formula is C22H30N4O3. The molecule has 4 rings (SSSR count). The first-order chi connectivity index (χ1) is 14.1. The number of rotatable bonds is 5. The van der Waals surface area contributed by atoms with Gasteiger partial charge in [-0.1, -0.05) is 6.07 Å². The standard InChI is InChI=1S/C22H30N4O3/c23-21-16(14-5-4-9-25-12-14)11-17(26-22(21)24)20-18(27)7-3-8-19(20)29-13-15-6-1-2-10-28-15/h3,7-8,11,14-15,25,27H,1-2,4-6,9-10,12-13,23H2,(H2,24,26). The first-order valence-corrected chi connectivity index (χ1v) is 10.5. The van der Waals surface area contributed by atoms with E-state index in [0.29, 0.717) is 29.3 Å². The summed E-state index contributed by atoms with van der Waals surface area (Å²) >= 11 is 0. The molecule has 2 aliphatic heterocycles. The van der Waals surface area contributed by atoms with E-state index in [0.717, 1.165) is 57.4 Å². The van der Waals surface area contributed by atoms with Crippen LogP contribution in [-0.2, 0) is 4.74 Å². The molecule has 2 atom stereocenters. The van der Waals surface area contributed by atoms with Crippen LogP contribution >= 0.6 is 0 Å². The van der Waals surface area contributed by atoms with E-state index >= 15 is 0 Å². The SMILES string of the molecule is Nc1nc(-c2c(O)cccc2OCC2CCCCO2)cc(C2CCCNC2)c1N. The molecule has 2 aromatic rings. The van der Waals surface area contributed by atoms with Gasteiger partial charge < -0.3 is 31.4 Å². The Balaban J connectivity index is 1.65. The van der Waals surface area contributed by atoms with Crippen molar-refractivity contribution in [2.45, 2.75) is 44.1 Å². The summed E-state index contributed by atoms with van der Waals surface area (Å²) in [5.41, 5.74) is 15.0. The second-order valence-electron chi connectivity index (χ2n) is 7.89. The fourth-order valence-corrected chi connectivity index (χ4v) is 4.20. The van der Waals surface area contributed by atoms with E-state index in [1.165, 1.54) is 0 Å². The topological polar surface area (TPSA) is 116 Å². The molecule has 7 nitrogen and oxygen atoms in total. The van der Waals surface area contributed by atoms with Crippen LogP contribution in [0.5, 0.6) is 11.5 Å². The highest BCUT2D eigenvalue weighted by atomic mass is 16.5. The number of aromatic hydroxyl groups is 1. The minimum absolute atomic E-state index is 0.0762. The molecule has 6 N–H and O–H groups in total. The predicted octanol–water partition coefficient (Wildman–Crippen LogP) is 3.03. The van der Waals surface area contributed by atoms with Crippen molar-refractivity contribution in [3.63, 3.8) is 0 Å². The molecule has 0 radical (unpaired) electrons. The average molecular weight is 399 g/mol. The van der Waals surface area contributed by atoms with Gasteiger partial charge in [0.2, 0.25) is 0 Å². The maximum atomic E-state index is 10.6. The van der Waals surface area contributed by atoms with Crippen molar-refractivity contribution in [1.29, 1.82) is 0 Å². The number of hydrogen-bond donors (Lipinski definition) is 4. The third-order valence-electron chi connectivity index (χ3n) is 5.82.